The van der Waals surface area contributed by atoms with Crippen LogP contribution in [-0.4, -0.2) is 46.0 Å². The molecule has 3 aromatic rings. The zero-order chi connectivity index (χ0) is 22.0. The van der Waals surface area contributed by atoms with Gasteiger partial charge >= 0.3 is 0 Å². The lowest BCUT2D eigenvalue weighted by Gasteiger charge is -2.21. The number of carbonyl (C=O) groups excluding carboxylic acids is 1. The number of nitrogens with zero attached hydrogens (tertiary/aromatic N) is 1. The molecule has 0 bridgehead atoms. The molecule has 2 unspecified atom stereocenters. The number of pyridine rings is 1. The molecule has 0 saturated carbocycles. The fourth-order valence-corrected chi connectivity index (χ4v) is 3.97. The third-order valence-corrected chi connectivity index (χ3v) is 5.60. The van der Waals surface area contributed by atoms with Gasteiger partial charge in [-0.25, -0.2) is 0 Å². The van der Waals surface area contributed by atoms with E-state index in [2.05, 4.69) is 4.98 Å². The van der Waals surface area contributed by atoms with Crippen molar-refractivity contribution in [1.82, 2.24) is 4.98 Å². The van der Waals surface area contributed by atoms with E-state index < -0.39 is 12.2 Å². The van der Waals surface area contributed by atoms with Crippen LogP contribution in [-0.2, 0) is 14.3 Å². The van der Waals surface area contributed by atoms with Gasteiger partial charge in [0.25, 0.3) is 0 Å². The molecule has 4 rings (SSSR count). The standard InChI is InChI=1S/C24H24BNO5/c1-28-20-12-14(13-21(29-2)22(20)25)18-9-10-19(31-18)23(27)24(30-3)16-6-4-8-17-15(16)7-5-11-26-17/h4-9,11-13,19,24H,10,25H2,1-3H3. The molecule has 0 saturated heterocycles. The van der Waals surface area contributed by atoms with Gasteiger partial charge in [-0.05, 0) is 41.4 Å². The summed E-state index contributed by atoms with van der Waals surface area (Å²) in [6.07, 6.45) is 2.74. The molecule has 1 aromatic heterocycles. The largest absolute Gasteiger partial charge is 0.497 e. The van der Waals surface area contributed by atoms with Gasteiger partial charge in [0.15, 0.2) is 6.10 Å². The second-order valence-electron chi connectivity index (χ2n) is 7.35. The van der Waals surface area contributed by atoms with Gasteiger partial charge in [-0.1, -0.05) is 18.2 Å². The predicted molar refractivity (Wildman–Crippen MR) is 122 cm³/mol. The average molecular weight is 417 g/mol. The summed E-state index contributed by atoms with van der Waals surface area (Å²) in [4.78, 5) is 17.7. The van der Waals surface area contributed by atoms with E-state index >= 15 is 0 Å². The lowest BCUT2D eigenvalue weighted by atomic mass is 9.92. The third-order valence-electron chi connectivity index (χ3n) is 5.60. The number of fused-ring (bicyclic) bond motifs is 1. The normalized spacial score (nSPS) is 16.5. The van der Waals surface area contributed by atoms with Gasteiger partial charge < -0.3 is 18.9 Å². The van der Waals surface area contributed by atoms with Crippen LogP contribution in [0.1, 0.15) is 23.7 Å². The van der Waals surface area contributed by atoms with Gasteiger partial charge in [0, 0.05) is 30.7 Å². The highest BCUT2D eigenvalue weighted by molar-refractivity contribution is 6.36. The highest BCUT2D eigenvalue weighted by atomic mass is 16.5. The Kier molecular flexibility index (Phi) is 5.95. The molecule has 0 fully saturated rings. The van der Waals surface area contributed by atoms with Crippen molar-refractivity contribution in [2.75, 3.05) is 21.3 Å². The maximum atomic E-state index is 13.3. The fourth-order valence-electron chi connectivity index (χ4n) is 3.97. The Morgan fingerprint density at radius 2 is 1.87 bits per heavy atom. The Bertz CT molecular complexity index is 1130. The number of rotatable bonds is 7. The first kappa shape index (κ1) is 20.9. The molecule has 6 nitrogen and oxygen atoms in total. The van der Waals surface area contributed by atoms with Crippen LogP contribution in [0.15, 0.2) is 54.7 Å². The summed E-state index contributed by atoms with van der Waals surface area (Å²) in [5.41, 5.74) is 3.32. The molecular formula is C24H24BNO5. The molecule has 1 aliphatic rings. The van der Waals surface area contributed by atoms with Crippen molar-refractivity contribution in [1.29, 1.82) is 0 Å². The Hall–Kier alpha value is -3.32. The minimum atomic E-state index is -0.743. The zero-order valence-corrected chi connectivity index (χ0v) is 18.0. The molecule has 7 heteroatoms. The van der Waals surface area contributed by atoms with Crippen molar-refractivity contribution >= 4 is 35.8 Å². The summed E-state index contributed by atoms with van der Waals surface area (Å²) in [6.45, 7) is 0. The van der Waals surface area contributed by atoms with Gasteiger partial charge in [0.2, 0.25) is 5.78 Å². The topological polar surface area (TPSA) is 66.9 Å². The van der Waals surface area contributed by atoms with Crippen LogP contribution in [0.2, 0.25) is 0 Å². The van der Waals surface area contributed by atoms with E-state index in [1.807, 2.05) is 56.4 Å². The van der Waals surface area contributed by atoms with Crippen LogP contribution in [0.4, 0.5) is 0 Å². The summed E-state index contributed by atoms with van der Waals surface area (Å²) < 4.78 is 22.6. The first-order valence-electron chi connectivity index (χ1n) is 10.1. The van der Waals surface area contributed by atoms with Crippen molar-refractivity contribution in [3.63, 3.8) is 0 Å². The van der Waals surface area contributed by atoms with Crippen molar-refractivity contribution in [2.45, 2.75) is 18.6 Å². The molecule has 1 aliphatic heterocycles. The minimum Gasteiger partial charge on any atom is -0.497 e. The van der Waals surface area contributed by atoms with Crippen molar-refractivity contribution in [3.8, 4) is 11.5 Å². The zero-order valence-electron chi connectivity index (χ0n) is 18.0. The summed E-state index contributed by atoms with van der Waals surface area (Å²) in [6, 6.07) is 13.3. The Morgan fingerprint density at radius 1 is 1.13 bits per heavy atom. The van der Waals surface area contributed by atoms with E-state index in [9.17, 15) is 4.79 Å². The number of ether oxygens (including phenoxy) is 4. The molecular weight excluding hydrogens is 393 g/mol. The fraction of sp³-hybridized carbons (Fsp3) is 0.250. The predicted octanol–water partition coefficient (Wildman–Crippen LogP) is 2.60. The maximum absolute atomic E-state index is 13.3. The summed E-state index contributed by atoms with van der Waals surface area (Å²) in [5, 5.41) is 0.893. The van der Waals surface area contributed by atoms with Gasteiger partial charge in [-0.3, -0.25) is 9.78 Å². The Morgan fingerprint density at radius 3 is 2.55 bits per heavy atom. The molecule has 158 valence electrons. The number of aromatic nitrogens is 1. The Balaban J connectivity index is 1.59. The summed E-state index contributed by atoms with van der Waals surface area (Å²) in [5.74, 6) is 1.90. The quantitative estimate of drug-likeness (QED) is 0.551. The lowest BCUT2D eigenvalue weighted by molar-refractivity contribution is -0.136. The molecule has 0 radical (unpaired) electrons. The molecule has 0 amide bonds. The average Bonchev–Trinajstić information content (AvgIpc) is 3.30. The first-order valence-corrected chi connectivity index (χ1v) is 10.1. The summed E-state index contributed by atoms with van der Waals surface area (Å²) in [7, 11) is 6.70. The summed E-state index contributed by atoms with van der Waals surface area (Å²) >= 11 is 0. The number of carbonyl (C=O) groups is 1. The van der Waals surface area contributed by atoms with Crippen LogP contribution in [0.5, 0.6) is 11.5 Å². The van der Waals surface area contributed by atoms with E-state index in [1.54, 1.807) is 20.4 Å². The van der Waals surface area contributed by atoms with Crippen molar-refractivity contribution < 1.29 is 23.7 Å². The smallest absolute Gasteiger partial charge is 0.206 e. The van der Waals surface area contributed by atoms with E-state index in [1.165, 1.54) is 7.11 Å². The van der Waals surface area contributed by atoms with Gasteiger partial charge in [-0.2, -0.15) is 0 Å². The molecule has 0 N–H and O–H groups in total. The van der Waals surface area contributed by atoms with Gasteiger partial charge in [-0.15, -0.1) is 0 Å². The van der Waals surface area contributed by atoms with Crippen LogP contribution < -0.4 is 14.9 Å². The molecule has 2 atom stereocenters. The van der Waals surface area contributed by atoms with Gasteiger partial charge in [0.1, 0.15) is 31.2 Å². The lowest BCUT2D eigenvalue weighted by Crippen LogP contribution is -2.28. The molecule has 0 aliphatic carbocycles. The van der Waals surface area contributed by atoms with Gasteiger partial charge in [0.05, 0.1) is 19.7 Å². The SMILES string of the molecule is Bc1c(OC)cc(C2=CCC(C(=O)C(OC)c3cccc4ncccc34)O2)cc1OC. The minimum absolute atomic E-state index is 0.129. The highest BCUT2D eigenvalue weighted by Gasteiger charge is 2.34. The third kappa shape index (κ3) is 3.89. The second kappa shape index (κ2) is 8.82. The molecule has 0 spiro atoms. The van der Waals surface area contributed by atoms with Crippen LogP contribution >= 0.6 is 0 Å². The number of Topliss-reactive ketones (excluding diaryl/α,β-unsaturated/α-hetero) is 1. The highest BCUT2D eigenvalue weighted by Crippen LogP contribution is 2.34. The maximum Gasteiger partial charge on any atom is 0.206 e. The van der Waals surface area contributed by atoms with E-state index in [4.69, 9.17) is 18.9 Å². The number of hydrogen-bond acceptors (Lipinski definition) is 6. The van der Waals surface area contributed by atoms with Crippen molar-refractivity contribution in [2.24, 2.45) is 0 Å². The number of ketones is 1. The number of methoxy groups -OCH3 is 3. The van der Waals surface area contributed by atoms with E-state index in [0.29, 0.717) is 23.7 Å². The number of benzene rings is 2. The number of hydrogen-bond donors (Lipinski definition) is 0. The van der Waals surface area contributed by atoms with Crippen LogP contribution in [0.25, 0.3) is 16.7 Å². The molecule has 31 heavy (non-hydrogen) atoms. The molecule has 2 heterocycles. The van der Waals surface area contributed by atoms with Crippen LogP contribution in [0, 0.1) is 0 Å². The van der Waals surface area contributed by atoms with Crippen LogP contribution in [0.3, 0.4) is 0 Å². The second-order valence-corrected chi connectivity index (χ2v) is 7.35. The molecule has 2 aromatic carbocycles. The monoisotopic (exact) mass is 417 g/mol. The first-order chi connectivity index (χ1) is 15.1. The van der Waals surface area contributed by atoms with E-state index in [-0.39, 0.29) is 5.78 Å². The van der Waals surface area contributed by atoms with E-state index in [0.717, 1.165) is 27.5 Å². The van der Waals surface area contributed by atoms with Crippen molar-refractivity contribution in [3.05, 3.63) is 65.9 Å². The Labute approximate surface area is 182 Å².